The number of aryl methyl sites for hydroxylation is 2. The van der Waals surface area contributed by atoms with Crippen molar-refractivity contribution in [1.29, 1.82) is 0 Å². The summed E-state index contributed by atoms with van der Waals surface area (Å²) >= 11 is 0. The van der Waals surface area contributed by atoms with Crippen LogP contribution in [0.3, 0.4) is 0 Å². The molecule has 0 fully saturated rings. The monoisotopic (exact) mass is 581 g/mol. The van der Waals surface area contributed by atoms with Crippen LogP contribution in [0.2, 0.25) is 0 Å². The van der Waals surface area contributed by atoms with Gasteiger partial charge in [-0.3, -0.25) is 9.59 Å². The Bertz CT molecular complexity index is 1750. The highest BCUT2D eigenvalue weighted by Gasteiger charge is 2.34. The average molecular weight is 582 g/mol. The number of halogens is 1. The predicted molar refractivity (Wildman–Crippen MR) is 162 cm³/mol. The third kappa shape index (κ3) is 5.45. The van der Waals surface area contributed by atoms with E-state index >= 15 is 0 Å². The Morgan fingerprint density at radius 3 is 2.67 bits per heavy atom. The van der Waals surface area contributed by atoms with Gasteiger partial charge >= 0.3 is 0 Å². The first-order chi connectivity index (χ1) is 20.7. The summed E-state index contributed by atoms with van der Waals surface area (Å²) in [5, 5.41) is 13.4. The van der Waals surface area contributed by atoms with Gasteiger partial charge in [0.05, 0.1) is 17.5 Å². The molecular weight excluding hydrogens is 549 g/mol. The number of benzene rings is 2. The lowest BCUT2D eigenvalue weighted by Crippen LogP contribution is -2.42. The van der Waals surface area contributed by atoms with Crippen LogP contribution < -0.4 is 20.7 Å². The summed E-state index contributed by atoms with van der Waals surface area (Å²) in [5.74, 6) is -0.858. The van der Waals surface area contributed by atoms with Crippen LogP contribution in [0.25, 0.3) is 11.3 Å². The normalized spacial score (nSPS) is 17.6. The molecule has 11 heteroatoms. The number of hydrogen-bond donors (Lipinski definition) is 3. The molecule has 43 heavy (non-hydrogen) atoms. The first kappa shape index (κ1) is 28.1. The van der Waals surface area contributed by atoms with E-state index in [0.717, 1.165) is 12.0 Å². The minimum Gasteiger partial charge on any atom is -0.474 e. The number of anilines is 2. The number of nitrogens with zero attached hydrogens (tertiary/aromatic N) is 4. The van der Waals surface area contributed by atoms with Crippen LogP contribution in [0.4, 0.5) is 15.9 Å². The lowest BCUT2D eigenvalue weighted by Gasteiger charge is -2.22. The van der Waals surface area contributed by atoms with Gasteiger partial charge in [0.1, 0.15) is 22.9 Å². The van der Waals surface area contributed by atoms with E-state index in [0.29, 0.717) is 46.3 Å². The molecule has 0 saturated carbocycles. The topological polar surface area (TPSA) is 123 Å². The molecule has 2 atom stereocenters. The van der Waals surface area contributed by atoms with E-state index in [1.807, 2.05) is 64.1 Å². The average Bonchev–Trinajstić information content (AvgIpc) is 3.27. The van der Waals surface area contributed by atoms with Crippen LogP contribution in [-0.4, -0.2) is 50.6 Å². The molecule has 2 aromatic heterocycles. The summed E-state index contributed by atoms with van der Waals surface area (Å²) in [4.78, 5) is 36.7. The van der Waals surface area contributed by atoms with Crippen molar-refractivity contribution in [2.24, 2.45) is 4.99 Å². The van der Waals surface area contributed by atoms with Gasteiger partial charge in [-0.1, -0.05) is 42.5 Å². The van der Waals surface area contributed by atoms with Gasteiger partial charge in [0.2, 0.25) is 12.0 Å². The molecule has 10 nitrogen and oxygen atoms in total. The Morgan fingerprint density at radius 2 is 1.93 bits per heavy atom. The molecule has 0 saturated heterocycles. The van der Waals surface area contributed by atoms with Crippen molar-refractivity contribution in [2.45, 2.75) is 59.0 Å². The zero-order chi connectivity index (χ0) is 30.2. The maximum absolute atomic E-state index is 14.9. The van der Waals surface area contributed by atoms with Crippen molar-refractivity contribution in [2.75, 3.05) is 10.6 Å². The Balaban J connectivity index is 1.42. The van der Waals surface area contributed by atoms with E-state index in [1.165, 1.54) is 6.07 Å². The fourth-order valence-corrected chi connectivity index (χ4v) is 5.26. The minimum absolute atomic E-state index is 0.00408. The van der Waals surface area contributed by atoms with Crippen LogP contribution in [0.1, 0.15) is 54.2 Å². The number of para-hydroxylation sites is 1. The maximum Gasteiger partial charge on any atom is 0.269 e. The van der Waals surface area contributed by atoms with Crippen LogP contribution in [-0.2, 0) is 11.3 Å². The second-order valence-corrected chi connectivity index (χ2v) is 11.0. The zero-order valence-corrected chi connectivity index (χ0v) is 24.3. The largest absolute Gasteiger partial charge is 0.474 e. The van der Waals surface area contributed by atoms with Gasteiger partial charge in [0.25, 0.3) is 11.8 Å². The molecule has 3 N–H and O–H groups in total. The van der Waals surface area contributed by atoms with E-state index in [9.17, 15) is 14.0 Å². The molecule has 6 rings (SSSR count). The summed E-state index contributed by atoms with van der Waals surface area (Å²) in [6.45, 7) is 8.46. The van der Waals surface area contributed by atoms with Crippen molar-refractivity contribution >= 4 is 29.0 Å². The van der Waals surface area contributed by atoms with E-state index in [4.69, 9.17) is 9.84 Å². The van der Waals surface area contributed by atoms with E-state index in [2.05, 4.69) is 25.9 Å². The molecule has 2 aliphatic heterocycles. The van der Waals surface area contributed by atoms with Crippen LogP contribution in [0.15, 0.2) is 65.8 Å². The lowest BCUT2D eigenvalue weighted by atomic mass is 10.0. The number of carbonyl (C=O) groups excluding carboxylic acids is 2. The number of benzodiazepines with no additional fused rings is 1. The Labute approximate surface area is 248 Å². The maximum atomic E-state index is 14.9. The summed E-state index contributed by atoms with van der Waals surface area (Å²) < 4.78 is 22.7. The molecule has 0 radical (unpaired) electrons. The Kier molecular flexibility index (Phi) is 7.39. The van der Waals surface area contributed by atoms with Crippen LogP contribution in [0.5, 0.6) is 5.88 Å². The molecule has 4 aromatic rings. The molecule has 2 unspecified atom stereocenters. The molecule has 0 bridgehead atoms. The van der Waals surface area contributed by atoms with Crippen LogP contribution in [0, 0.1) is 12.7 Å². The van der Waals surface area contributed by atoms with Crippen molar-refractivity contribution in [3.05, 3.63) is 88.9 Å². The first-order valence-electron chi connectivity index (χ1n) is 14.2. The summed E-state index contributed by atoms with van der Waals surface area (Å²) in [5.41, 5.74) is 3.54. The number of nitrogens with one attached hydrogen (secondary N) is 3. The number of aliphatic imine (C=N–C) groups is 1. The van der Waals surface area contributed by atoms with Gasteiger partial charge in [0, 0.05) is 41.9 Å². The predicted octanol–water partition coefficient (Wildman–Crippen LogP) is 4.93. The second kappa shape index (κ2) is 11.3. The Morgan fingerprint density at radius 1 is 1.14 bits per heavy atom. The van der Waals surface area contributed by atoms with Gasteiger partial charge in [-0.05, 0) is 45.4 Å². The number of fused-ring (bicyclic) bond motifs is 2. The molecule has 0 aliphatic carbocycles. The van der Waals surface area contributed by atoms with E-state index in [-0.39, 0.29) is 23.4 Å². The van der Waals surface area contributed by atoms with Gasteiger partial charge in [-0.25, -0.2) is 19.0 Å². The molecule has 4 heterocycles. The molecule has 2 aliphatic rings. The molecule has 2 aromatic carbocycles. The highest BCUT2D eigenvalue weighted by Crippen LogP contribution is 2.36. The van der Waals surface area contributed by atoms with Crippen molar-refractivity contribution in [3.8, 4) is 17.1 Å². The van der Waals surface area contributed by atoms with Gasteiger partial charge in [0.15, 0.2) is 0 Å². The fourth-order valence-electron chi connectivity index (χ4n) is 5.26. The number of rotatable bonds is 6. The van der Waals surface area contributed by atoms with Crippen molar-refractivity contribution in [3.63, 3.8) is 0 Å². The van der Waals surface area contributed by atoms with Crippen LogP contribution >= 0.6 is 0 Å². The van der Waals surface area contributed by atoms with Gasteiger partial charge in [-0.15, -0.1) is 0 Å². The third-order valence-corrected chi connectivity index (χ3v) is 7.33. The molecule has 220 valence electrons. The number of amides is 2. The first-order valence-corrected chi connectivity index (χ1v) is 14.2. The van der Waals surface area contributed by atoms with E-state index < -0.39 is 23.8 Å². The standard InChI is InChI=1S/C32H32FN7O3/c1-17(2)35-24-15-18(3)22(16-34-24)28-25(32-40(39-28)14-13-19(4)43-32)30(41)38-29-31(42)37-27-21(11-8-12-23(27)33)26(36-29)20-9-6-5-7-10-20/h5-12,15-17,19,29H,13-14H2,1-4H3,(H,34,35)(H,37,42)(H,38,41). The quantitative estimate of drug-likeness (QED) is 0.297. The lowest BCUT2D eigenvalue weighted by molar-refractivity contribution is -0.117. The fraction of sp³-hybridized carbons (Fsp3) is 0.281. The zero-order valence-electron chi connectivity index (χ0n) is 24.3. The van der Waals surface area contributed by atoms with Gasteiger partial charge < -0.3 is 20.7 Å². The SMILES string of the molecule is Cc1cc(NC(C)C)ncc1-c1nn2c(c1C(=O)NC1N=C(c3ccccc3)c3cccc(F)c3NC1=O)OC(C)CC2. The van der Waals surface area contributed by atoms with Gasteiger partial charge in [-0.2, -0.15) is 5.10 Å². The highest BCUT2D eigenvalue weighted by molar-refractivity contribution is 6.20. The van der Waals surface area contributed by atoms with Crippen molar-refractivity contribution in [1.82, 2.24) is 20.1 Å². The third-order valence-electron chi connectivity index (χ3n) is 7.33. The number of pyridine rings is 1. The molecule has 2 amide bonds. The smallest absolute Gasteiger partial charge is 0.269 e. The minimum atomic E-state index is -1.37. The molecular formula is C32H32FN7O3. The second-order valence-electron chi connectivity index (χ2n) is 11.0. The Hall–Kier alpha value is -5.06. The number of ether oxygens (including phenoxy) is 1. The summed E-state index contributed by atoms with van der Waals surface area (Å²) in [7, 11) is 0. The summed E-state index contributed by atoms with van der Waals surface area (Å²) in [6, 6.07) is 15.7. The number of aromatic nitrogens is 3. The number of carbonyl (C=O) groups is 2. The number of hydrogen-bond acceptors (Lipinski definition) is 7. The van der Waals surface area contributed by atoms with E-state index in [1.54, 1.807) is 23.0 Å². The summed E-state index contributed by atoms with van der Waals surface area (Å²) in [6.07, 6.45) is 0.902. The highest BCUT2D eigenvalue weighted by atomic mass is 19.1. The van der Waals surface area contributed by atoms with Crippen molar-refractivity contribution < 1.29 is 18.7 Å². The molecule has 0 spiro atoms.